The quantitative estimate of drug-likeness (QED) is 0.850. The molecule has 4 heteroatoms. The van der Waals surface area contributed by atoms with E-state index in [1.54, 1.807) is 6.20 Å². The van der Waals surface area contributed by atoms with Crippen molar-refractivity contribution in [2.75, 3.05) is 18.5 Å². The predicted octanol–water partition coefficient (Wildman–Crippen LogP) is 3.09. The molecule has 0 aliphatic heterocycles. The van der Waals surface area contributed by atoms with Gasteiger partial charge in [0, 0.05) is 24.6 Å². The van der Waals surface area contributed by atoms with E-state index in [2.05, 4.69) is 24.1 Å². The van der Waals surface area contributed by atoms with Crippen LogP contribution in [0.2, 0.25) is 0 Å². The first-order chi connectivity index (χ1) is 8.85. The maximum Gasteiger partial charge on any atom is 0.207 e. The summed E-state index contributed by atoms with van der Waals surface area (Å²) in [7, 11) is 0. The molecular weight excluding hydrogens is 226 g/mol. The second-order valence-corrected chi connectivity index (χ2v) is 3.99. The number of nitrogens with zero attached hydrogens (tertiary/aromatic N) is 2. The number of nitrogens with one attached hydrogen (secondary N) is 1. The Morgan fingerprint density at radius 3 is 2.67 bits per heavy atom. The van der Waals surface area contributed by atoms with Crippen molar-refractivity contribution in [1.82, 2.24) is 9.55 Å². The highest BCUT2D eigenvalue weighted by atomic mass is 16.5. The van der Waals surface area contributed by atoms with E-state index in [9.17, 15) is 0 Å². The van der Waals surface area contributed by atoms with Crippen LogP contribution in [-0.4, -0.2) is 22.7 Å². The molecule has 2 aromatic rings. The summed E-state index contributed by atoms with van der Waals surface area (Å²) in [6, 6.07) is 8.04. The lowest BCUT2D eigenvalue weighted by Gasteiger charge is -2.09. The smallest absolute Gasteiger partial charge is 0.207 e. The minimum absolute atomic E-state index is 0.757. The summed E-state index contributed by atoms with van der Waals surface area (Å²) in [5, 5.41) is 3.22. The third-order valence-electron chi connectivity index (χ3n) is 2.56. The summed E-state index contributed by atoms with van der Waals surface area (Å²) in [6.07, 6.45) is 4.76. The highest BCUT2D eigenvalue weighted by Crippen LogP contribution is 2.18. The fourth-order valence-corrected chi connectivity index (χ4v) is 1.72. The van der Waals surface area contributed by atoms with E-state index in [1.807, 2.05) is 35.0 Å². The fourth-order valence-electron chi connectivity index (χ4n) is 1.72. The molecule has 4 nitrogen and oxygen atoms in total. The van der Waals surface area contributed by atoms with E-state index >= 15 is 0 Å². The van der Waals surface area contributed by atoms with Crippen LogP contribution in [0.5, 0.6) is 5.75 Å². The van der Waals surface area contributed by atoms with Crippen molar-refractivity contribution < 1.29 is 4.74 Å². The molecule has 96 valence electrons. The van der Waals surface area contributed by atoms with E-state index < -0.39 is 0 Å². The largest absolute Gasteiger partial charge is 0.494 e. The molecule has 1 aromatic heterocycles. The molecular formula is C14H19N3O. The molecule has 0 atom stereocenters. The summed E-state index contributed by atoms with van der Waals surface area (Å²) >= 11 is 0. The van der Waals surface area contributed by atoms with Gasteiger partial charge in [0.2, 0.25) is 5.95 Å². The first-order valence-corrected chi connectivity index (χ1v) is 6.35. The lowest BCUT2D eigenvalue weighted by atomic mass is 10.3. The molecule has 2 rings (SSSR count). The van der Waals surface area contributed by atoms with Crippen molar-refractivity contribution in [2.24, 2.45) is 0 Å². The molecule has 0 fully saturated rings. The van der Waals surface area contributed by atoms with Gasteiger partial charge in [0.1, 0.15) is 5.75 Å². The highest BCUT2D eigenvalue weighted by molar-refractivity contribution is 5.44. The molecule has 18 heavy (non-hydrogen) atoms. The van der Waals surface area contributed by atoms with Gasteiger partial charge in [-0.1, -0.05) is 6.92 Å². The Balaban J connectivity index is 2.15. The van der Waals surface area contributed by atoms with Crippen LogP contribution in [0.25, 0.3) is 5.69 Å². The number of benzene rings is 1. The van der Waals surface area contributed by atoms with Crippen molar-refractivity contribution in [3.05, 3.63) is 36.7 Å². The lowest BCUT2D eigenvalue weighted by molar-refractivity contribution is 0.317. The van der Waals surface area contributed by atoms with Crippen molar-refractivity contribution in [3.8, 4) is 11.4 Å². The molecule has 0 bridgehead atoms. The first kappa shape index (κ1) is 12.5. The van der Waals surface area contributed by atoms with Gasteiger partial charge in [-0.3, -0.25) is 4.57 Å². The van der Waals surface area contributed by atoms with Crippen LogP contribution in [0, 0.1) is 0 Å². The van der Waals surface area contributed by atoms with E-state index in [0.717, 1.165) is 37.0 Å². The SMILES string of the molecule is CCCOc1ccc(-n2ccnc2NCC)cc1. The average Bonchev–Trinajstić information content (AvgIpc) is 2.86. The Hall–Kier alpha value is -1.97. The fraction of sp³-hybridized carbons (Fsp3) is 0.357. The van der Waals surface area contributed by atoms with Crippen LogP contribution >= 0.6 is 0 Å². The van der Waals surface area contributed by atoms with Crippen molar-refractivity contribution in [3.63, 3.8) is 0 Å². The van der Waals surface area contributed by atoms with Crippen LogP contribution in [0.3, 0.4) is 0 Å². The van der Waals surface area contributed by atoms with Crippen molar-refractivity contribution >= 4 is 5.95 Å². The zero-order chi connectivity index (χ0) is 12.8. The first-order valence-electron chi connectivity index (χ1n) is 6.35. The highest BCUT2D eigenvalue weighted by Gasteiger charge is 2.03. The number of imidazole rings is 1. The van der Waals surface area contributed by atoms with Gasteiger partial charge >= 0.3 is 0 Å². The van der Waals surface area contributed by atoms with Gasteiger partial charge in [0.05, 0.1) is 6.61 Å². The second kappa shape index (κ2) is 6.10. The molecule has 0 radical (unpaired) electrons. The average molecular weight is 245 g/mol. The van der Waals surface area contributed by atoms with Gasteiger partial charge in [-0.15, -0.1) is 0 Å². The van der Waals surface area contributed by atoms with Gasteiger partial charge in [0.15, 0.2) is 0 Å². The molecule has 1 heterocycles. The summed E-state index contributed by atoms with van der Waals surface area (Å²) in [6.45, 7) is 5.77. The molecule has 0 amide bonds. The maximum absolute atomic E-state index is 5.56. The molecule has 0 spiro atoms. The molecule has 1 aromatic carbocycles. The molecule has 1 N–H and O–H groups in total. The standard InChI is InChI=1S/C14H19N3O/c1-3-11-18-13-7-5-12(6-8-13)17-10-9-16-14(17)15-4-2/h5-10H,3-4,11H2,1-2H3,(H,15,16). The Labute approximate surface area is 108 Å². The number of rotatable bonds is 6. The van der Waals surface area contributed by atoms with Gasteiger partial charge in [-0.25, -0.2) is 4.98 Å². The molecule has 0 saturated carbocycles. The maximum atomic E-state index is 5.56. The van der Waals surface area contributed by atoms with E-state index in [1.165, 1.54) is 0 Å². The van der Waals surface area contributed by atoms with Crippen LogP contribution in [0.4, 0.5) is 5.95 Å². The molecule has 0 saturated heterocycles. The van der Waals surface area contributed by atoms with Crippen LogP contribution in [0.1, 0.15) is 20.3 Å². The third-order valence-corrected chi connectivity index (χ3v) is 2.56. The summed E-state index contributed by atoms with van der Waals surface area (Å²) in [5.74, 6) is 1.77. The van der Waals surface area contributed by atoms with E-state index in [-0.39, 0.29) is 0 Å². The Morgan fingerprint density at radius 1 is 1.22 bits per heavy atom. The normalized spacial score (nSPS) is 10.3. The number of anilines is 1. The summed E-state index contributed by atoms with van der Waals surface area (Å²) in [4.78, 5) is 4.27. The minimum atomic E-state index is 0.757. The van der Waals surface area contributed by atoms with E-state index in [4.69, 9.17) is 4.74 Å². The zero-order valence-electron chi connectivity index (χ0n) is 10.9. The molecule has 0 aliphatic rings. The Morgan fingerprint density at radius 2 is 2.00 bits per heavy atom. The number of hydrogen-bond acceptors (Lipinski definition) is 3. The topological polar surface area (TPSA) is 39.1 Å². The van der Waals surface area contributed by atoms with Crippen molar-refractivity contribution in [1.29, 1.82) is 0 Å². The zero-order valence-corrected chi connectivity index (χ0v) is 10.9. The minimum Gasteiger partial charge on any atom is -0.494 e. The number of aromatic nitrogens is 2. The predicted molar refractivity (Wildman–Crippen MR) is 73.5 cm³/mol. The molecule has 0 unspecified atom stereocenters. The Bertz CT molecular complexity index is 476. The molecule has 0 aliphatic carbocycles. The van der Waals surface area contributed by atoms with Gasteiger partial charge in [0.25, 0.3) is 0 Å². The second-order valence-electron chi connectivity index (χ2n) is 3.99. The van der Waals surface area contributed by atoms with Gasteiger partial charge < -0.3 is 10.1 Å². The lowest BCUT2D eigenvalue weighted by Crippen LogP contribution is -2.04. The van der Waals surface area contributed by atoms with Crippen molar-refractivity contribution in [2.45, 2.75) is 20.3 Å². The van der Waals surface area contributed by atoms with Crippen LogP contribution in [0.15, 0.2) is 36.7 Å². The van der Waals surface area contributed by atoms with Crippen LogP contribution < -0.4 is 10.1 Å². The Kier molecular flexibility index (Phi) is 4.23. The summed E-state index contributed by atoms with van der Waals surface area (Å²) < 4.78 is 7.59. The van der Waals surface area contributed by atoms with E-state index in [0.29, 0.717) is 0 Å². The number of ether oxygens (including phenoxy) is 1. The third kappa shape index (κ3) is 2.83. The summed E-state index contributed by atoms with van der Waals surface area (Å²) in [5.41, 5.74) is 1.08. The monoisotopic (exact) mass is 245 g/mol. The van der Waals surface area contributed by atoms with Gasteiger partial charge in [-0.05, 0) is 37.6 Å². The van der Waals surface area contributed by atoms with Crippen LogP contribution in [-0.2, 0) is 0 Å². The van der Waals surface area contributed by atoms with Gasteiger partial charge in [-0.2, -0.15) is 0 Å². The number of hydrogen-bond donors (Lipinski definition) is 1.